The molecule has 3 atom stereocenters. The predicted molar refractivity (Wildman–Crippen MR) is 107 cm³/mol. The molecule has 1 spiro atoms. The summed E-state index contributed by atoms with van der Waals surface area (Å²) in [7, 11) is 0. The summed E-state index contributed by atoms with van der Waals surface area (Å²) >= 11 is 6.01. The number of anilines is 1. The molecule has 5 rings (SSSR count). The molecule has 0 bridgehead atoms. The fraction of sp³-hybridized carbons (Fsp3) is 0.524. The van der Waals surface area contributed by atoms with Gasteiger partial charge in [-0.05, 0) is 62.8 Å². The van der Waals surface area contributed by atoms with E-state index < -0.39 is 0 Å². The maximum Gasteiger partial charge on any atom is 0.155 e. The Morgan fingerprint density at radius 3 is 2.75 bits per heavy atom. The number of nitrogens with one attached hydrogen (secondary N) is 1. The van der Waals surface area contributed by atoms with Gasteiger partial charge in [-0.15, -0.1) is 10.2 Å². The first kappa shape index (κ1) is 18.2. The number of aliphatic hydroxyl groups is 1. The highest BCUT2D eigenvalue weighted by Crippen LogP contribution is 2.53. The van der Waals surface area contributed by atoms with Crippen LogP contribution < -0.4 is 5.32 Å². The van der Waals surface area contributed by atoms with Gasteiger partial charge in [-0.2, -0.15) is 0 Å². The minimum absolute atomic E-state index is 0.0165. The van der Waals surface area contributed by atoms with Crippen molar-refractivity contribution in [3.63, 3.8) is 0 Å². The number of aliphatic hydroxyl groups excluding tert-OH is 1. The van der Waals surface area contributed by atoms with Gasteiger partial charge in [0.15, 0.2) is 5.82 Å². The minimum Gasteiger partial charge on any atom is -0.507 e. The zero-order chi connectivity index (χ0) is 19.5. The number of hydrogen-bond donors (Lipinski definition) is 3. The van der Waals surface area contributed by atoms with Gasteiger partial charge in [0.05, 0.1) is 23.9 Å². The lowest BCUT2D eigenvalue weighted by Crippen LogP contribution is -2.33. The van der Waals surface area contributed by atoms with Crippen LogP contribution in [-0.4, -0.2) is 38.2 Å². The molecule has 0 radical (unpaired) electrons. The van der Waals surface area contributed by atoms with E-state index in [1.165, 1.54) is 6.07 Å². The molecule has 2 fully saturated rings. The third-order valence-electron chi connectivity index (χ3n) is 6.27. The van der Waals surface area contributed by atoms with E-state index in [4.69, 9.17) is 16.3 Å². The van der Waals surface area contributed by atoms with E-state index in [-0.39, 0.29) is 29.6 Å². The number of benzene rings is 1. The second kappa shape index (κ2) is 6.58. The average molecular weight is 402 g/mol. The van der Waals surface area contributed by atoms with Crippen LogP contribution in [0.25, 0.3) is 11.3 Å². The van der Waals surface area contributed by atoms with Crippen molar-refractivity contribution in [2.24, 2.45) is 0 Å². The number of aromatic nitrogens is 2. The van der Waals surface area contributed by atoms with Crippen LogP contribution in [0.2, 0.25) is 5.02 Å². The van der Waals surface area contributed by atoms with Gasteiger partial charge in [0, 0.05) is 22.6 Å². The van der Waals surface area contributed by atoms with E-state index in [0.29, 0.717) is 22.1 Å². The van der Waals surface area contributed by atoms with Crippen LogP contribution in [0.15, 0.2) is 18.2 Å². The summed E-state index contributed by atoms with van der Waals surface area (Å²) in [5.41, 5.74) is 3.25. The second-order valence-corrected chi connectivity index (χ2v) is 8.76. The molecule has 2 saturated carbocycles. The molecule has 6 nitrogen and oxygen atoms in total. The van der Waals surface area contributed by atoms with Crippen LogP contribution in [0.4, 0.5) is 5.82 Å². The summed E-state index contributed by atoms with van der Waals surface area (Å²) in [6.45, 7) is 2.04. The lowest BCUT2D eigenvalue weighted by atomic mass is 9.90. The zero-order valence-corrected chi connectivity index (χ0v) is 16.5. The molecule has 28 heavy (non-hydrogen) atoms. The van der Waals surface area contributed by atoms with Gasteiger partial charge in [0.2, 0.25) is 0 Å². The minimum atomic E-state index is -0.368. The van der Waals surface area contributed by atoms with Crippen molar-refractivity contribution in [3.8, 4) is 17.0 Å². The molecule has 1 aromatic carbocycles. The quantitative estimate of drug-likeness (QED) is 0.720. The Morgan fingerprint density at radius 2 is 2.07 bits per heavy atom. The normalized spacial score (nSPS) is 27.6. The van der Waals surface area contributed by atoms with Crippen molar-refractivity contribution >= 4 is 17.4 Å². The molecular weight excluding hydrogens is 378 g/mol. The molecule has 0 amide bonds. The smallest absolute Gasteiger partial charge is 0.155 e. The largest absolute Gasteiger partial charge is 0.507 e. The van der Waals surface area contributed by atoms with Gasteiger partial charge in [-0.1, -0.05) is 11.6 Å². The van der Waals surface area contributed by atoms with Crippen LogP contribution in [0, 0.1) is 0 Å². The Hall–Kier alpha value is -1.89. The first-order valence-corrected chi connectivity index (χ1v) is 10.3. The molecule has 2 aromatic rings. The van der Waals surface area contributed by atoms with Crippen molar-refractivity contribution in [1.82, 2.24) is 10.2 Å². The SMILES string of the molecule is C[C@H]1OC2(CC2)Cc2c(-c3ccc(Cl)cc3O)nnc(N[C@@H]3CCC[C@H]3O)c21. The summed E-state index contributed by atoms with van der Waals surface area (Å²) in [6.07, 6.45) is 5.05. The fourth-order valence-electron chi connectivity index (χ4n) is 4.65. The molecule has 2 heterocycles. The van der Waals surface area contributed by atoms with E-state index in [0.717, 1.165) is 49.7 Å². The molecule has 148 valence electrons. The molecule has 3 aliphatic rings. The van der Waals surface area contributed by atoms with Crippen molar-refractivity contribution in [2.45, 2.75) is 69.3 Å². The number of hydrogen-bond acceptors (Lipinski definition) is 6. The first-order valence-electron chi connectivity index (χ1n) is 9.96. The van der Waals surface area contributed by atoms with Crippen LogP contribution in [0.3, 0.4) is 0 Å². The Bertz CT molecular complexity index is 931. The van der Waals surface area contributed by atoms with Crippen molar-refractivity contribution < 1.29 is 14.9 Å². The number of halogens is 1. The van der Waals surface area contributed by atoms with Gasteiger partial charge in [-0.25, -0.2) is 0 Å². The number of fused-ring (bicyclic) bond motifs is 1. The van der Waals surface area contributed by atoms with Gasteiger partial charge in [0.25, 0.3) is 0 Å². The lowest BCUT2D eigenvalue weighted by Gasteiger charge is -2.33. The van der Waals surface area contributed by atoms with E-state index in [1.807, 2.05) is 6.92 Å². The number of phenolic OH excluding ortho intramolecular Hbond substituents is 1. The maximum absolute atomic E-state index is 10.5. The highest BCUT2D eigenvalue weighted by molar-refractivity contribution is 6.30. The molecule has 0 unspecified atom stereocenters. The first-order chi connectivity index (χ1) is 13.5. The third-order valence-corrected chi connectivity index (χ3v) is 6.51. The summed E-state index contributed by atoms with van der Waals surface area (Å²) in [5, 5.41) is 33.5. The van der Waals surface area contributed by atoms with Crippen LogP contribution in [-0.2, 0) is 11.2 Å². The molecule has 3 N–H and O–H groups in total. The molecule has 7 heteroatoms. The van der Waals surface area contributed by atoms with Crippen LogP contribution >= 0.6 is 11.6 Å². The van der Waals surface area contributed by atoms with Gasteiger partial charge in [-0.3, -0.25) is 0 Å². The standard InChI is InChI=1S/C21H24ClN3O3/c1-11-18-14(10-21(28-11)7-8-21)19(13-6-5-12(22)9-17(13)27)24-25-20(18)23-15-3-2-4-16(15)26/h5-6,9,11,15-16,26-27H,2-4,7-8,10H2,1H3,(H,23,25)/t11-,15-,16-/m1/s1. The van der Waals surface area contributed by atoms with Crippen LogP contribution in [0.5, 0.6) is 5.75 Å². The summed E-state index contributed by atoms with van der Waals surface area (Å²) in [6, 6.07) is 5.05. The van der Waals surface area contributed by atoms with Gasteiger partial charge >= 0.3 is 0 Å². The number of phenols is 1. The van der Waals surface area contributed by atoms with Crippen molar-refractivity contribution in [3.05, 3.63) is 34.3 Å². The van der Waals surface area contributed by atoms with E-state index in [9.17, 15) is 10.2 Å². The van der Waals surface area contributed by atoms with Crippen molar-refractivity contribution in [1.29, 1.82) is 0 Å². The van der Waals surface area contributed by atoms with E-state index >= 15 is 0 Å². The van der Waals surface area contributed by atoms with Crippen LogP contribution in [0.1, 0.15) is 56.3 Å². The fourth-order valence-corrected chi connectivity index (χ4v) is 4.81. The topological polar surface area (TPSA) is 87.5 Å². The maximum atomic E-state index is 10.5. The Balaban J connectivity index is 1.62. The predicted octanol–water partition coefficient (Wildman–Crippen LogP) is 3.99. The Morgan fingerprint density at radius 1 is 1.25 bits per heavy atom. The molecule has 1 aliphatic heterocycles. The molecular formula is C21H24ClN3O3. The number of ether oxygens (including phenoxy) is 1. The van der Waals surface area contributed by atoms with E-state index in [1.54, 1.807) is 12.1 Å². The molecule has 0 saturated heterocycles. The number of aromatic hydroxyl groups is 1. The number of rotatable bonds is 3. The molecule has 1 aromatic heterocycles. The van der Waals surface area contributed by atoms with Gasteiger partial charge < -0.3 is 20.3 Å². The number of nitrogens with zero attached hydrogens (tertiary/aromatic N) is 2. The monoisotopic (exact) mass is 401 g/mol. The Labute approximate surface area is 168 Å². The highest BCUT2D eigenvalue weighted by atomic mass is 35.5. The summed E-state index contributed by atoms with van der Waals surface area (Å²) in [5.74, 6) is 0.779. The van der Waals surface area contributed by atoms with Gasteiger partial charge in [0.1, 0.15) is 11.4 Å². The summed E-state index contributed by atoms with van der Waals surface area (Å²) < 4.78 is 6.33. The Kier molecular flexibility index (Phi) is 4.27. The van der Waals surface area contributed by atoms with E-state index in [2.05, 4.69) is 15.5 Å². The van der Waals surface area contributed by atoms with Crippen molar-refractivity contribution in [2.75, 3.05) is 5.32 Å². The lowest BCUT2D eigenvalue weighted by molar-refractivity contribution is -0.0339. The second-order valence-electron chi connectivity index (χ2n) is 8.32. The molecule has 2 aliphatic carbocycles. The third kappa shape index (κ3) is 3.04. The highest BCUT2D eigenvalue weighted by Gasteiger charge is 2.50. The average Bonchev–Trinajstić information content (AvgIpc) is 3.26. The zero-order valence-electron chi connectivity index (χ0n) is 15.8. The summed E-state index contributed by atoms with van der Waals surface area (Å²) in [4.78, 5) is 0.